The zero-order chi connectivity index (χ0) is 23.3. The average molecular weight is 464 g/mol. The van der Waals surface area contributed by atoms with Gasteiger partial charge in [-0.15, -0.1) is 0 Å². The normalized spacial score (nSPS) is 14.0. The molecule has 1 saturated heterocycles. The van der Waals surface area contributed by atoms with Gasteiger partial charge in [0.1, 0.15) is 0 Å². The lowest BCUT2D eigenvalue weighted by Crippen LogP contribution is -2.31. The van der Waals surface area contributed by atoms with Crippen LogP contribution < -0.4 is 14.5 Å². The number of hydrogen-bond donors (Lipinski definition) is 1. The Labute approximate surface area is 195 Å². The highest BCUT2D eigenvalue weighted by Gasteiger charge is 2.23. The van der Waals surface area contributed by atoms with E-state index in [-0.39, 0.29) is 12.5 Å². The van der Waals surface area contributed by atoms with Crippen molar-refractivity contribution in [3.8, 4) is 0 Å². The number of nitrogens with one attached hydrogen (secondary N) is 1. The third-order valence-corrected chi connectivity index (χ3v) is 6.96. The van der Waals surface area contributed by atoms with E-state index >= 15 is 0 Å². The standard InChI is InChI=1S/C26H29N3O3S/c1-33(31,32)29(20-21-10-4-2-5-11-21)25-13-7-6-12-24(25)26(30)27-22-14-16-23(17-15-22)28-18-8-3-9-19-28/h2,4-7,10-17H,3,8-9,18-20H2,1H3,(H,27,30). The van der Waals surface area contributed by atoms with Crippen LogP contribution in [0.2, 0.25) is 0 Å². The van der Waals surface area contributed by atoms with Crippen LogP contribution in [0.3, 0.4) is 0 Å². The Morgan fingerprint density at radius 2 is 1.52 bits per heavy atom. The molecule has 1 heterocycles. The smallest absolute Gasteiger partial charge is 0.257 e. The van der Waals surface area contributed by atoms with Gasteiger partial charge in [0.15, 0.2) is 0 Å². The Kier molecular flexibility index (Phi) is 6.99. The summed E-state index contributed by atoms with van der Waals surface area (Å²) in [5, 5.41) is 2.92. The minimum atomic E-state index is -3.62. The molecule has 1 N–H and O–H groups in total. The van der Waals surface area contributed by atoms with Crippen LogP contribution in [-0.4, -0.2) is 33.7 Å². The highest BCUT2D eigenvalue weighted by molar-refractivity contribution is 7.92. The third-order valence-electron chi connectivity index (χ3n) is 5.83. The maximum Gasteiger partial charge on any atom is 0.257 e. The van der Waals surface area contributed by atoms with Gasteiger partial charge >= 0.3 is 0 Å². The van der Waals surface area contributed by atoms with Crippen LogP contribution in [0.5, 0.6) is 0 Å². The van der Waals surface area contributed by atoms with Crippen LogP contribution in [0, 0.1) is 0 Å². The summed E-state index contributed by atoms with van der Waals surface area (Å²) in [7, 11) is -3.62. The first-order valence-electron chi connectivity index (χ1n) is 11.2. The molecule has 1 aliphatic heterocycles. The molecular formula is C26H29N3O3S. The van der Waals surface area contributed by atoms with Crippen LogP contribution in [0.4, 0.5) is 17.1 Å². The number of carbonyl (C=O) groups is 1. The van der Waals surface area contributed by atoms with E-state index < -0.39 is 10.0 Å². The fourth-order valence-electron chi connectivity index (χ4n) is 4.12. The number of nitrogens with zero attached hydrogens (tertiary/aromatic N) is 2. The van der Waals surface area contributed by atoms with Gasteiger partial charge in [-0.2, -0.15) is 0 Å². The van der Waals surface area contributed by atoms with Gasteiger partial charge in [0.2, 0.25) is 10.0 Å². The van der Waals surface area contributed by atoms with Crippen molar-refractivity contribution >= 4 is 33.0 Å². The summed E-state index contributed by atoms with van der Waals surface area (Å²) >= 11 is 0. The zero-order valence-corrected chi connectivity index (χ0v) is 19.6. The summed E-state index contributed by atoms with van der Waals surface area (Å²) in [6.45, 7) is 2.26. The van der Waals surface area contributed by atoms with Crippen molar-refractivity contribution in [3.05, 3.63) is 90.0 Å². The maximum atomic E-state index is 13.2. The minimum absolute atomic E-state index is 0.147. The van der Waals surface area contributed by atoms with Crippen molar-refractivity contribution in [2.24, 2.45) is 0 Å². The van der Waals surface area contributed by atoms with Crippen LogP contribution in [0.1, 0.15) is 35.2 Å². The van der Waals surface area contributed by atoms with E-state index in [0.717, 1.165) is 30.6 Å². The molecule has 0 aliphatic carbocycles. The molecule has 0 radical (unpaired) electrons. The molecule has 1 amide bonds. The second-order valence-electron chi connectivity index (χ2n) is 8.32. The van der Waals surface area contributed by atoms with Gasteiger partial charge in [0.25, 0.3) is 5.91 Å². The first kappa shape index (κ1) is 22.9. The lowest BCUT2D eigenvalue weighted by atomic mass is 10.1. The molecule has 6 nitrogen and oxygen atoms in total. The van der Waals surface area contributed by atoms with E-state index in [2.05, 4.69) is 10.2 Å². The molecule has 0 saturated carbocycles. The summed E-state index contributed by atoms with van der Waals surface area (Å²) < 4.78 is 26.6. The summed E-state index contributed by atoms with van der Waals surface area (Å²) in [6, 6.07) is 23.9. The molecule has 0 atom stereocenters. The second-order valence-corrected chi connectivity index (χ2v) is 10.2. The minimum Gasteiger partial charge on any atom is -0.372 e. The zero-order valence-electron chi connectivity index (χ0n) is 18.8. The summed E-state index contributed by atoms with van der Waals surface area (Å²) in [4.78, 5) is 15.5. The number of hydrogen-bond acceptors (Lipinski definition) is 4. The summed E-state index contributed by atoms with van der Waals surface area (Å²) in [5.41, 5.74) is 3.32. The number of sulfonamides is 1. The van der Waals surface area contributed by atoms with Gasteiger partial charge in [0, 0.05) is 24.5 Å². The molecule has 7 heteroatoms. The first-order chi connectivity index (χ1) is 15.9. The molecule has 3 aromatic carbocycles. The van der Waals surface area contributed by atoms with Crippen molar-refractivity contribution in [1.82, 2.24) is 0 Å². The topological polar surface area (TPSA) is 69.7 Å². The predicted molar refractivity (Wildman–Crippen MR) is 134 cm³/mol. The molecule has 0 unspecified atom stereocenters. The molecule has 0 aromatic heterocycles. The first-order valence-corrected chi connectivity index (χ1v) is 13.0. The molecule has 33 heavy (non-hydrogen) atoms. The molecule has 1 fully saturated rings. The molecule has 1 aliphatic rings. The fraction of sp³-hybridized carbons (Fsp3) is 0.269. The predicted octanol–water partition coefficient (Wildman–Crippen LogP) is 4.90. The molecular weight excluding hydrogens is 434 g/mol. The summed E-state index contributed by atoms with van der Waals surface area (Å²) in [5.74, 6) is -0.349. The SMILES string of the molecule is CS(=O)(=O)N(Cc1ccccc1)c1ccccc1C(=O)Nc1ccc(N2CCCCC2)cc1. The van der Waals surface area contributed by atoms with Gasteiger partial charge in [-0.05, 0) is 61.2 Å². The summed E-state index contributed by atoms with van der Waals surface area (Å²) in [6.07, 6.45) is 4.84. The Bertz CT molecular complexity index is 1190. The van der Waals surface area contributed by atoms with Crippen LogP contribution in [0.15, 0.2) is 78.9 Å². The highest BCUT2D eigenvalue weighted by Crippen LogP contribution is 2.27. The maximum absolute atomic E-state index is 13.2. The Morgan fingerprint density at radius 1 is 0.879 bits per heavy atom. The number of para-hydroxylation sites is 1. The van der Waals surface area contributed by atoms with Gasteiger partial charge in [0.05, 0.1) is 24.1 Å². The number of piperidine rings is 1. The Morgan fingerprint density at radius 3 is 2.18 bits per heavy atom. The van der Waals surface area contributed by atoms with Crippen molar-refractivity contribution in [2.75, 3.05) is 33.9 Å². The molecule has 3 aromatic rings. The van der Waals surface area contributed by atoms with E-state index in [9.17, 15) is 13.2 Å². The Balaban J connectivity index is 1.56. The number of benzene rings is 3. The van der Waals surface area contributed by atoms with Crippen molar-refractivity contribution in [3.63, 3.8) is 0 Å². The quantitative estimate of drug-likeness (QED) is 0.541. The second kappa shape index (κ2) is 10.1. The van der Waals surface area contributed by atoms with E-state index in [1.165, 1.54) is 23.6 Å². The van der Waals surface area contributed by atoms with E-state index in [1.54, 1.807) is 24.3 Å². The molecule has 0 spiro atoms. The number of anilines is 3. The molecule has 4 rings (SSSR count). The Hall–Kier alpha value is -3.32. The highest BCUT2D eigenvalue weighted by atomic mass is 32.2. The van der Waals surface area contributed by atoms with Gasteiger partial charge < -0.3 is 10.2 Å². The lowest BCUT2D eigenvalue weighted by molar-refractivity contribution is 0.102. The molecule has 0 bridgehead atoms. The van der Waals surface area contributed by atoms with Crippen molar-refractivity contribution < 1.29 is 13.2 Å². The van der Waals surface area contributed by atoms with Crippen LogP contribution >= 0.6 is 0 Å². The lowest BCUT2D eigenvalue weighted by Gasteiger charge is -2.29. The van der Waals surface area contributed by atoms with Crippen molar-refractivity contribution in [2.45, 2.75) is 25.8 Å². The fourth-order valence-corrected chi connectivity index (χ4v) is 5.02. The van der Waals surface area contributed by atoms with Crippen LogP contribution in [-0.2, 0) is 16.6 Å². The van der Waals surface area contributed by atoms with Crippen molar-refractivity contribution in [1.29, 1.82) is 0 Å². The van der Waals surface area contributed by atoms with Gasteiger partial charge in [-0.25, -0.2) is 8.42 Å². The number of carbonyl (C=O) groups excluding carboxylic acids is 1. The number of amides is 1. The third kappa shape index (κ3) is 5.73. The largest absolute Gasteiger partial charge is 0.372 e. The van der Waals surface area contributed by atoms with Gasteiger partial charge in [-0.1, -0.05) is 42.5 Å². The molecule has 172 valence electrons. The van der Waals surface area contributed by atoms with Gasteiger partial charge in [-0.3, -0.25) is 9.10 Å². The number of rotatable bonds is 7. The van der Waals surface area contributed by atoms with E-state index in [4.69, 9.17) is 0 Å². The van der Waals surface area contributed by atoms with E-state index in [1.807, 2.05) is 54.6 Å². The monoisotopic (exact) mass is 463 g/mol. The van der Waals surface area contributed by atoms with E-state index in [0.29, 0.717) is 16.9 Å². The average Bonchev–Trinajstić information content (AvgIpc) is 2.83. The van der Waals surface area contributed by atoms with Crippen LogP contribution in [0.25, 0.3) is 0 Å².